The Labute approximate surface area is 295 Å². The number of amides is 2. The van der Waals surface area contributed by atoms with Gasteiger partial charge in [-0.25, -0.2) is 9.69 Å². The van der Waals surface area contributed by atoms with Crippen LogP contribution in [0.3, 0.4) is 0 Å². The van der Waals surface area contributed by atoms with Crippen LogP contribution in [0.15, 0.2) is 36.4 Å². The summed E-state index contributed by atoms with van der Waals surface area (Å²) in [6.45, 7) is 21.2. The second-order valence-electron chi connectivity index (χ2n) is 14.8. The molecule has 270 valence electrons. The van der Waals surface area contributed by atoms with Crippen molar-refractivity contribution in [3.05, 3.63) is 53.1 Å². The smallest absolute Gasteiger partial charge is 0.416 e. The molecular weight excluding hydrogens is 655 g/mol. The number of hydrogen-bond donors (Lipinski definition) is 0. The molecular formula is C38H57NO8Si2. The number of methoxy groups -OCH3 is 1. The van der Waals surface area contributed by atoms with Gasteiger partial charge in [-0.1, -0.05) is 74.4 Å². The third-order valence-corrected chi connectivity index (χ3v) is 22.5. The predicted molar refractivity (Wildman–Crippen MR) is 195 cm³/mol. The summed E-state index contributed by atoms with van der Waals surface area (Å²) >= 11 is 0. The van der Waals surface area contributed by atoms with E-state index in [9.17, 15) is 4.79 Å². The van der Waals surface area contributed by atoms with Gasteiger partial charge in [0.15, 0.2) is 28.1 Å². The fourth-order valence-electron chi connectivity index (χ4n) is 9.00. The number of fused-ring (bicyclic) bond motifs is 2. The molecule has 11 heteroatoms. The van der Waals surface area contributed by atoms with Crippen LogP contribution in [-0.4, -0.2) is 67.2 Å². The highest BCUT2D eigenvalue weighted by Gasteiger charge is 2.54. The minimum absolute atomic E-state index is 0.133. The SMILES string of the molecule is CC[Si](CC)(CC)O[C@H]1c2cc3c(cc2[C@@H](c2ccc(OC)cc2)[C@H](C(=O)N2CCOC2=O)[C@@H]1CO[Si](C(C)C)(C(C)C)C(C)C)OCO3. The Hall–Kier alpha value is -2.87. The van der Waals surface area contributed by atoms with Crippen LogP contribution in [0.2, 0.25) is 34.8 Å². The minimum Gasteiger partial charge on any atom is -0.497 e. The van der Waals surface area contributed by atoms with Gasteiger partial charge in [0.25, 0.3) is 0 Å². The maximum atomic E-state index is 15.1. The molecule has 1 fully saturated rings. The van der Waals surface area contributed by atoms with Gasteiger partial charge in [-0.05, 0) is 75.7 Å². The standard InChI is InChI=1S/C38H57NO8Si2/c1-11-48(12-2,13-3)47-36-30-21-33-32(44-23-45-33)20-29(30)34(27-14-16-28(42-10)17-15-27)35(37(40)39-18-19-43-38(39)41)31(36)22-46-49(24(4)5,25(6)7)26(8)9/h14-17,20-21,24-26,31,34-36H,11-13,18-19,22-23H2,1-10H3/t31-,34+,35+,36-/m0/s1. The van der Waals surface area contributed by atoms with Gasteiger partial charge in [0.2, 0.25) is 12.7 Å². The van der Waals surface area contributed by atoms with E-state index in [1.807, 2.05) is 30.3 Å². The lowest BCUT2D eigenvalue weighted by Gasteiger charge is -2.49. The Morgan fingerprint density at radius 3 is 1.94 bits per heavy atom. The van der Waals surface area contributed by atoms with E-state index >= 15 is 4.79 Å². The van der Waals surface area contributed by atoms with Crippen LogP contribution in [0.5, 0.6) is 17.2 Å². The Morgan fingerprint density at radius 2 is 1.45 bits per heavy atom. The minimum atomic E-state index is -2.38. The Kier molecular flexibility index (Phi) is 11.6. The molecule has 49 heavy (non-hydrogen) atoms. The summed E-state index contributed by atoms with van der Waals surface area (Å²) in [5, 5.41) is 0. The van der Waals surface area contributed by atoms with E-state index < -0.39 is 40.7 Å². The van der Waals surface area contributed by atoms with Crippen LogP contribution in [-0.2, 0) is 18.4 Å². The first kappa shape index (κ1) is 37.4. The number of imide groups is 1. The molecule has 1 saturated heterocycles. The van der Waals surface area contributed by atoms with Crippen LogP contribution in [0, 0.1) is 11.8 Å². The highest BCUT2D eigenvalue weighted by atomic mass is 28.4. The van der Waals surface area contributed by atoms with Crippen LogP contribution in [0.1, 0.15) is 91.0 Å². The first-order chi connectivity index (χ1) is 23.4. The molecule has 2 aromatic carbocycles. The molecule has 0 saturated carbocycles. The van der Waals surface area contributed by atoms with Crippen molar-refractivity contribution in [1.29, 1.82) is 0 Å². The van der Waals surface area contributed by atoms with Crippen molar-refractivity contribution in [2.24, 2.45) is 11.8 Å². The average molecular weight is 712 g/mol. The summed E-state index contributed by atoms with van der Waals surface area (Å²) in [4.78, 5) is 29.5. The second-order valence-corrected chi connectivity index (χ2v) is 25.0. The number of ether oxygens (including phenoxy) is 4. The van der Waals surface area contributed by atoms with Crippen LogP contribution < -0.4 is 14.2 Å². The normalized spacial score (nSPS) is 22.2. The van der Waals surface area contributed by atoms with Crippen molar-refractivity contribution in [2.45, 2.75) is 109 Å². The fraction of sp³-hybridized carbons (Fsp3) is 0.632. The molecule has 4 atom stereocenters. The zero-order valence-electron chi connectivity index (χ0n) is 31.2. The van der Waals surface area contributed by atoms with Crippen molar-refractivity contribution >= 4 is 28.6 Å². The number of rotatable bonds is 14. The van der Waals surface area contributed by atoms with Gasteiger partial charge >= 0.3 is 6.09 Å². The first-order valence-corrected chi connectivity index (χ1v) is 22.9. The lowest BCUT2D eigenvalue weighted by molar-refractivity contribution is -0.137. The topological polar surface area (TPSA) is 92.8 Å². The maximum Gasteiger partial charge on any atom is 0.416 e. The van der Waals surface area contributed by atoms with E-state index in [4.69, 9.17) is 27.8 Å². The van der Waals surface area contributed by atoms with E-state index in [2.05, 4.69) is 68.4 Å². The molecule has 0 bridgehead atoms. The van der Waals surface area contributed by atoms with Gasteiger partial charge in [0.05, 0.1) is 25.7 Å². The monoisotopic (exact) mass is 711 g/mol. The molecule has 0 unspecified atom stereocenters. The fourth-order valence-corrected chi connectivity index (χ4v) is 17.3. The zero-order chi connectivity index (χ0) is 35.7. The number of nitrogens with zero attached hydrogens (tertiary/aromatic N) is 1. The lowest BCUT2D eigenvalue weighted by atomic mass is 9.64. The number of hydrogen-bond acceptors (Lipinski definition) is 8. The number of cyclic esters (lactones) is 1. The third kappa shape index (κ3) is 6.80. The number of benzene rings is 2. The highest BCUT2D eigenvalue weighted by Crippen LogP contribution is 2.56. The summed E-state index contributed by atoms with van der Waals surface area (Å²) in [6.07, 6.45) is -1.04. The third-order valence-electron chi connectivity index (χ3n) is 11.8. The van der Waals surface area contributed by atoms with Crippen molar-refractivity contribution in [1.82, 2.24) is 4.90 Å². The average Bonchev–Trinajstić information content (AvgIpc) is 3.74. The van der Waals surface area contributed by atoms with E-state index in [1.165, 1.54) is 4.90 Å². The summed E-state index contributed by atoms with van der Waals surface area (Å²) in [5.74, 6) is 0.320. The molecule has 0 aromatic heterocycles. The van der Waals surface area contributed by atoms with E-state index in [1.54, 1.807) is 7.11 Å². The van der Waals surface area contributed by atoms with Crippen molar-refractivity contribution in [3.8, 4) is 17.2 Å². The van der Waals surface area contributed by atoms with Gasteiger partial charge in [-0.2, -0.15) is 0 Å². The van der Waals surface area contributed by atoms with Gasteiger partial charge in [-0.3, -0.25) is 4.79 Å². The molecule has 1 aliphatic carbocycles. The molecule has 2 heterocycles. The Morgan fingerprint density at radius 1 is 0.878 bits per heavy atom. The van der Waals surface area contributed by atoms with Crippen LogP contribution in [0.25, 0.3) is 0 Å². The zero-order valence-corrected chi connectivity index (χ0v) is 33.2. The van der Waals surface area contributed by atoms with Gasteiger partial charge in [-0.15, -0.1) is 0 Å². The molecule has 3 aliphatic rings. The van der Waals surface area contributed by atoms with Crippen LogP contribution in [0.4, 0.5) is 4.79 Å². The van der Waals surface area contributed by atoms with Crippen molar-refractivity contribution in [3.63, 3.8) is 0 Å². The number of carbonyl (C=O) groups is 2. The molecule has 0 radical (unpaired) electrons. The molecule has 0 spiro atoms. The maximum absolute atomic E-state index is 15.1. The molecule has 9 nitrogen and oxygen atoms in total. The largest absolute Gasteiger partial charge is 0.497 e. The molecule has 2 aromatic rings. The second kappa shape index (κ2) is 15.2. The Balaban J connectivity index is 1.79. The molecule has 2 amide bonds. The summed E-state index contributed by atoms with van der Waals surface area (Å²) in [7, 11) is -2.99. The Bertz CT molecular complexity index is 1440. The van der Waals surface area contributed by atoms with Crippen LogP contribution >= 0.6 is 0 Å². The quantitative estimate of drug-likeness (QED) is 0.179. The van der Waals surface area contributed by atoms with Crippen molar-refractivity contribution in [2.75, 3.05) is 33.7 Å². The molecule has 0 N–H and O–H groups in total. The highest BCUT2D eigenvalue weighted by molar-refractivity contribution is 6.77. The van der Waals surface area contributed by atoms with E-state index in [0.717, 1.165) is 40.6 Å². The number of carbonyl (C=O) groups excluding carboxylic acids is 2. The predicted octanol–water partition coefficient (Wildman–Crippen LogP) is 9.04. The molecule has 2 aliphatic heterocycles. The summed E-state index contributed by atoms with van der Waals surface area (Å²) in [6, 6.07) is 14.9. The summed E-state index contributed by atoms with van der Waals surface area (Å²) < 4.78 is 37.7. The first-order valence-electron chi connectivity index (χ1n) is 18.2. The summed E-state index contributed by atoms with van der Waals surface area (Å²) in [5.41, 5.74) is 3.96. The van der Waals surface area contributed by atoms with E-state index in [-0.39, 0.29) is 31.8 Å². The van der Waals surface area contributed by atoms with Gasteiger partial charge in [0.1, 0.15) is 12.4 Å². The van der Waals surface area contributed by atoms with E-state index in [0.29, 0.717) is 34.7 Å². The van der Waals surface area contributed by atoms with Gasteiger partial charge < -0.3 is 27.8 Å². The van der Waals surface area contributed by atoms with Gasteiger partial charge in [0, 0.05) is 18.4 Å². The lowest BCUT2D eigenvalue weighted by Crippen LogP contribution is -2.53. The molecule has 5 rings (SSSR count). The van der Waals surface area contributed by atoms with Crippen molar-refractivity contribution < 1.29 is 37.4 Å².